The van der Waals surface area contributed by atoms with Gasteiger partial charge in [-0.2, -0.15) is 13.2 Å². The van der Waals surface area contributed by atoms with E-state index in [0.717, 1.165) is 37.8 Å². The highest BCUT2D eigenvalue weighted by Gasteiger charge is 2.29. The van der Waals surface area contributed by atoms with Crippen LogP contribution in [0.5, 0.6) is 11.5 Å². The number of benzene rings is 2. The topological polar surface area (TPSA) is 108 Å². The molecule has 0 bridgehead atoms. The molecule has 0 spiro atoms. The number of methoxy groups -OCH3 is 1. The molecule has 0 radical (unpaired) electrons. The van der Waals surface area contributed by atoms with Crippen molar-refractivity contribution in [2.45, 2.75) is 31.9 Å². The number of carbonyl (C=O) groups is 3. The van der Waals surface area contributed by atoms with Gasteiger partial charge in [0.25, 0.3) is 0 Å². The average molecular weight is 551 g/mol. The number of aromatic carboxylic acids is 1. The standard InChI is InChI=1S/C28H29F3O8/c1-3-25(32)38-15-7-5-4-6-14-37-20-10-12-22(27(34)35)23(17-20)21-11-8-19(16-24(21)36-2)9-13-26(33)39-18-28(29,30)31/h3,8-13,16-17H,1,4-7,14-15,18H2,2H3,(H,34,35)/b13-9+. The fraction of sp³-hybridized carbons (Fsp3) is 0.321. The van der Waals surface area contributed by atoms with E-state index in [0.29, 0.717) is 35.7 Å². The van der Waals surface area contributed by atoms with E-state index in [9.17, 15) is 32.7 Å². The molecule has 210 valence electrons. The van der Waals surface area contributed by atoms with Gasteiger partial charge in [0.15, 0.2) is 6.61 Å². The predicted octanol–water partition coefficient (Wildman–Crippen LogP) is 5.85. The lowest BCUT2D eigenvalue weighted by Crippen LogP contribution is -2.19. The van der Waals surface area contributed by atoms with Crippen LogP contribution in [-0.2, 0) is 19.1 Å². The summed E-state index contributed by atoms with van der Waals surface area (Å²) < 4.78 is 56.8. The average Bonchev–Trinajstić information content (AvgIpc) is 2.91. The number of ether oxygens (including phenoxy) is 4. The Morgan fingerprint density at radius 1 is 0.923 bits per heavy atom. The monoisotopic (exact) mass is 550 g/mol. The smallest absolute Gasteiger partial charge is 0.422 e. The van der Waals surface area contributed by atoms with Gasteiger partial charge in [0.1, 0.15) is 11.5 Å². The summed E-state index contributed by atoms with van der Waals surface area (Å²) in [5.41, 5.74) is 1.20. The van der Waals surface area contributed by atoms with Gasteiger partial charge in [-0.3, -0.25) is 0 Å². The second-order valence-corrected chi connectivity index (χ2v) is 8.16. The van der Waals surface area contributed by atoms with Crippen molar-refractivity contribution in [1.29, 1.82) is 0 Å². The van der Waals surface area contributed by atoms with E-state index < -0.39 is 30.7 Å². The Morgan fingerprint density at radius 3 is 2.28 bits per heavy atom. The van der Waals surface area contributed by atoms with Crippen molar-refractivity contribution in [3.05, 3.63) is 66.3 Å². The van der Waals surface area contributed by atoms with E-state index in [1.807, 2.05) is 0 Å². The molecule has 0 aliphatic carbocycles. The Kier molecular flexibility index (Phi) is 12.1. The molecular formula is C28H29F3O8. The van der Waals surface area contributed by atoms with Gasteiger partial charge in [-0.1, -0.05) is 18.7 Å². The number of hydrogen-bond acceptors (Lipinski definition) is 7. The number of unbranched alkanes of at least 4 members (excludes halogenated alkanes) is 3. The largest absolute Gasteiger partial charge is 0.496 e. The lowest BCUT2D eigenvalue weighted by Gasteiger charge is -2.14. The first-order valence-electron chi connectivity index (χ1n) is 11.9. The molecule has 0 atom stereocenters. The van der Waals surface area contributed by atoms with Crippen LogP contribution in [0.3, 0.4) is 0 Å². The number of hydrogen-bond donors (Lipinski definition) is 1. The van der Waals surface area contributed by atoms with Crippen molar-refractivity contribution >= 4 is 24.0 Å². The van der Waals surface area contributed by atoms with E-state index >= 15 is 0 Å². The maximum atomic E-state index is 12.2. The molecule has 39 heavy (non-hydrogen) atoms. The van der Waals surface area contributed by atoms with Gasteiger partial charge in [0, 0.05) is 23.3 Å². The van der Waals surface area contributed by atoms with Crippen LogP contribution in [-0.4, -0.2) is 56.1 Å². The summed E-state index contributed by atoms with van der Waals surface area (Å²) in [6.45, 7) is 2.35. The Bertz CT molecular complexity index is 1190. The van der Waals surface area contributed by atoms with Gasteiger partial charge < -0.3 is 24.1 Å². The predicted molar refractivity (Wildman–Crippen MR) is 137 cm³/mol. The number of carboxylic acids is 1. The molecule has 2 rings (SSSR count). The third kappa shape index (κ3) is 10.9. The van der Waals surface area contributed by atoms with Gasteiger partial charge in [0.2, 0.25) is 0 Å². The van der Waals surface area contributed by atoms with Crippen molar-refractivity contribution < 1.29 is 51.6 Å². The lowest BCUT2D eigenvalue weighted by atomic mass is 9.97. The normalized spacial score (nSPS) is 11.2. The summed E-state index contributed by atoms with van der Waals surface area (Å²) in [6, 6.07) is 9.19. The van der Waals surface area contributed by atoms with Crippen molar-refractivity contribution in [2.75, 3.05) is 26.9 Å². The molecule has 0 saturated heterocycles. The molecule has 0 unspecified atom stereocenters. The number of carboxylic acid groups (broad SMARTS) is 1. The van der Waals surface area contributed by atoms with Crippen molar-refractivity contribution in [3.63, 3.8) is 0 Å². The second kappa shape index (κ2) is 15.2. The van der Waals surface area contributed by atoms with E-state index in [2.05, 4.69) is 11.3 Å². The van der Waals surface area contributed by atoms with Crippen LogP contribution in [0.15, 0.2) is 55.1 Å². The molecule has 0 aliphatic heterocycles. The van der Waals surface area contributed by atoms with Crippen LogP contribution in [0.4, 0.5) is 13.2 Å². The molecule has 0 aromatic heterocycles. The van der Waals surface area contributed by atoms with E-state index in [4.69, 9.17) is 14.2 Å². The van der Waals surface area contributed by atoms with Gasteiger partial charge in [-0.15, -0.1) is 0 Å². The van der Waals surface area contributed by atoms with Crippen LogP contribution >= 0.6 is 0 Å². The summed E-state index contributed by atoms with van der Waals surface area (Å²) >= 11 is 0. The summed E-state index contributed by atoms with van der Waals surface area (Å²) in [6.07, 6.45) is 1.74. The molecule has 1 N–H and O–H groups in total. The van der Waals surface area contributed by atoms with Gasteiger partial charge in [0.05, 0.1) is 25.9 Å². The second-order valence-electron chi connectivity index (χ2n) is 8.16. The highest BCUT2D eigenvalue weighted by molar-refractivity contribution is 5.97. The summed E-state index contributed by atoms with van der Waals surface area (Å²) in [5.74, 6) is -2.05. The van der Waals surface area contributed by atoms with Gasteiger partial charge >= 0.3 is 24.1 Å². The number of rotatable bonds is 15. The molecule has 2 aromatic carbocycles. The number of alkyl halides is 3. The Morgan fingerprint density at radius 2 is 1.64 bits per heavy atom. The SMILES string of the molecule is C=CC(=O)OCCCCCCOc1ccc(C(=O)O)c(-c2ccc(/C=C/C(=O)OCC(F)(F)F)cc2OC)c1. The van der Waals surface area contributed by atoms with E-state index in [1.165, 1.54) is 25.3 Å². The number of carbonyl (C=O) groups excluding carboxylic acids is 2. The zero-order valence-electron chi connectivity index (χ0n) is 21.3. The van der Waals surface area contributed by atoms with Gasteiger partial charge in [-0.05, 0) is 61.6 Å². The minimum absolute atomic E-state index is 0.00809. The summed E-state index contributed by atoms with van der Waals surface area (Å²) in [7, 11) is 1.38. The third-order valence-corrected chi connectivity index (χ3v) is 5.25. The quantitative estimate of drug-likeness (QED) is 0.167. The first-order chi connectivity index (χ1) is 18.5. The van der Waals surface area contributed by atoms with Gasteiger partial charge in [-0.25, -0.2) is 14.4 Å². The maximum absolute atomic E-state index is 12.2. The molecule has 0 saturated carbocycles. The highest BCUT2D eigenvalue weighted by Crippen LogP contribution is 2.36. The molecule has 0 aliphatic rings. The van der Waals surface area contributed by atoms with E-state index in [1.54, 1.807) is 24.3 Å². The molecular weight excluding hydrogens is 521 g/mol. The third-order valence-electron chi connectivity index (χ3n) is 5.25. The minimum Gasteiger partial charge on any atom is -0.496 e. The highest BCUT2D eigenvalue weighted by atomic mass is 19.4. The summed E-state index contributed by atoms with van der Waals surface area (Å²) in [4.78, 5) is 34.4. The Hall–Kier alpha value is -4.28. The fourth-order valence-corrected chi connectivity index (χ4v) is 3.40. The van der Waals surface area contributed by atoms with Crippen LogP contribution in [0, 0.1) is 0 Å². The lowest BCUT2D eigenvalue weighted by molar-refractivity contribution is -0.182. The Labute approximate surface area is 223 Å². The van der Waals surface area contributed by atoms with Crippen molar-refractivity contribution in [3.8, 4) is 22.6 Å². The summed E-state index contributed by atoms with van der Waals surface area (Å²) in [5, 5.41) is 9.70. The van der Waals surface area contributed by atoms with E-state index in [-0.39, 0.29) is 11.3 Å². The van der Waals surface area contributed by atoms with Crippen LogP contribution in [0.2, 0.25) is 0 Å². The van der Waals surface area contributed by atoms with Crippen molar-refractivity contribution in [1.82, 2.24) is 0 Å². The minimum atomic E-state index is -4.63. The van der Waals surface area contributed by atoms with Crippen LogP contribution in [0.1, 0.15) is 41.6 Å². The zero-order valence-corrected chi connectivity index (χ0v) is 21.3. The first kappa shape index (κ1) is 30.9. The number of esters is 2. The molecule has 0 heterocycles. The maximum Gasteiger partial charge on any atom is 0.422 e. The van der Waals surface area contributed by atoms with Crippen LogP contribution in [0.25, 0.3) is 17.2 Å². The van der Waals surface area contributed by atoms with Crippen molar-refractivity contribution in [2.24, 2.45) is 0 Å². The molecule has 0 amide bonds. The molecule has 0 fully saturated rings. The zero-order chi connectivity index (χ0) is 28.8. The molecule has 11 heteroatoms. The Balaban J connectivity index is 2.08. The number of halogens is 3. The van der Waals surface area contributed by atoms with Crippen LogP contribution < -0.4 is 9.47 Å². The first-order valence-corrected chi connectivity index (χ1v) is 11.9. The fourth-order valence-electron chi connectivity index (χ4n) is 3.40. The molecule has 2 aromatic rings. The molecule has 8 nitrogen and oxygen atoms in total.